The van der Waals surface area contributed by atoms with Crippen molar-refractivity contribution in [3.63, 3.8) is 0 Å². The van der Waals surface area contributed by atoms with Crippen LogP contribution < -0.4 is 25.9 Å². The molecule has 0 aliphatic carbocycles. The van der Waals surface area contributed by atoms with Crippen LogP contribution in [0.4, 0.5) is 0 Å². The summed E-state index contributed by atoms with van der Waals surface area (Å²) in [4.78, 5) is 0. The van der Waals surface area contributed by atoms with Crippen molar-refractivity contribution >= 4 is 23.1 Å². The van der Waals surface area contributed by atoms with Crippen LogP contribution in [0.15, 0.2) is 164 Å². The largest absolute Gasteiger partial charge is 0.458 e. The topological polar surface area (TPSA) is 18.5 Å². The molecule has 0 amide bonds. The molecule has 2 aliphatic heterocycles. The van der Waals surface area contributed by atoms with E-state index in [1.807, 2.05) is 0 Å². The molecule has 0 aromatic heterocycles. The first-order chi connectivity index (χ1) is 22.3. The maximum atomic E-state index is 7.11. The summed E-state index contributed by atoms with van der Waals surface area (Å²) < 4.78 is 14.1. The minimum Gasteiger partial charge on any atom is -0.458 e. The molecule has 7 aromatic rings. The zero-order valence-electron chi connectivity index (χ0n) is 24.5. The fraction of sp³-hybridized carbons (Fsp3) is 0. The van der Waals surface area contributed by atoms with Crippen LogP contribution in [0.1, 0.15) is 0 Å². The van der Waals surface area contributed by atoms with E-state index < -0.39 is 0 Å². The second kappa shape index (κ2) is 10.4. The Balaban J connectivity index is 1.36. The number of hydrogen-bond acceptors (Lipinski definition) is 2. The molecule has 0 fully saturated rings. The normalized spacial score (nSPS) is 12.3. The lowest BCUT2D eigenvalue weighted by Gasteiger charge is -2.36. The highest BCUT2D eigenvalue weighted by Crippen LogP contribution is 2.47. The van der Waals surface area contributed by atoms with Crippen LogP contribution in [-0.2, 0) is 0 Å². The molecule has 0 atom stereocenters. The molecule has 0 radical (unpaired) electrons. The molecular weight excluding hydrogens is 547 g/mol. The molecule has 45 heavy (non-hydrogen) atoms. The van der Waals surface area contributed by atoms with Crippen LogP contribution in [0.25, 0.3) is 44.5 Å². The Morgan fingerprint density at radius 3 is 1.47 bits per heavy atom. The highest BCUT2D eigenvalue weighted by Gasteiger charge is 2.43. The smallest absolute Gasteiger partial charge is 0.260 e. The Hall–Kier alpha value is -5.80. The van der Waals surface area contributed by atoms with Crippen LogP contribution in [-0.4, -0.2) is 6.71 Å². The Morgan fingerprint density at radius 2 is 0.867 bits per heavy atom. The summed E-state index contributed by atoms with van der Waals surface area (Å²) in [5.74, 6) is 3.49. The van der Waals surface area contributed by atoms with Crippen molar-refractivity contribution in [3.8, 4) is 67.5 Å². The fourth-order valence-electron chi connectivity index (χ4n) is 6.92. The van der Waals surface area contributed by atoms with E-state index >= 15 is 0 Å². The number of para-hydroxylation sites is 1. The summed E-state index contributed by atoms with van der Waals surface area (Å²) in [5.41, 5.74) is 12.2. The third kappa shape index (κ3) is 4.20. The minimum atomic E-state index is -0.0675. The van der Waals surface area contributed by atoms with Crippen LogP contribution in [0.3, 0.4) is 0 Å². The second-order valence-electron chi connectivity index (χ2n) is 11.6. The molecule has 2 nitrogen and oxygen atoms in total. The van der Waals surface area contributed by atoms with Gasteiger partial charge in [-0.25, -0.2) is 0 Å². The molecule has 0 unspecified atom stereocenters. The van der Waals surface area contributed by atoms with E-state index in [2.05, 4.69) is 164 Å². The van der Waals surface area contributed by atoms with Gasteiger partial charge in [-0.1, -0.05) is 152 Å². The number of rotatable bonds is 4. The summed E-state index contributed by atoms with van der Waals surface area (Å²) in [6.07, 6.45) is 0. The van der Waals surface area contributed by atoms with Gasteiger partial charge in [0.2, 0.25) is 0 Å². The van der Waals surface area contributed by atoms with Gasteiger partial charge in [0.15, 0.2) is 0 Å². The van der Waals surface area contributed by atoms with E-state index in [-0.39, 0.29) is 6.71 Å². The van der Waals surface area contributed by atoms with Gasteiger partial charge in [-0.15, -0.1) is 0 Å². The van der Waals surface area contributed by atoms with Gasteiger partial charge in [0, 0.05) is 22.2 Å². The summed E-state index contributed by atoms with van der Waals surface area (Å²) in [6, 6.07) is 57.6. The monoisotopic (exact) mass is 574 g/mol. The zero-order valence-corrected chi connectivity index (χ0v) is 24.5. The van der Waals surface area contributed by atoms with Gasteiger partial charge in [-0.3, -0.25) is 0 Å². The predicted molar refractivity (Wildman–Crippen MR) is 186 cm³/mol. The van der Waals surface area contributed by atoms with Crippen molar-refractivity contribution in [2.75, 3.05) is 0 Å². The number of benzene rings is 7. The van der Waals surface area contributed by atoms with Crippen molar-refractivity contribution in [3.05, 3.63) is 164 Å². The lowest BCUT2D eigenvalue weighted by atomic mass is 9.34. The Bertz CT molecular complexity index is 2190. The molecule has 0 saturated carbocycles. The van der Waals surface area contributed by atoms with Crippen molar-refractivity contribution < 1.29 is 9.47 Å². The molecule has 2 aliphatic rings. The maximum Gasteiger partial charge on any atom is 0.260 e. The highest BCUT2D eigenvalue weighted by atomic mass is 16.5. The Kier molecular flexibility index (Phi) is 5.95. The molecular formula is C42H27BO2. The summed E-state index contributed by atoms with van der Waals surface area (Å²) >= 11 is 0. The lowest BCUT2D eigenvalue weighted by molar-refractivity contribution is 0.467. The van der Waals surface area contributed by atoms with Crippen molar-refractivity contribution in [1.82, 2.24) is 0 Å². The Labute approximate surface area is 263 Å². The van der Waals surface area contributed by atoms with Gasteiger partial charge in [0.25, 0.3) is 6.71 Å². The predicted octanol–water partition coefficient (Wildman–Crippen LogP) is 9.08. The van der Waals surface area contributed by atoms with E-state index in [4.69, 9.17) is 9.47 Å². The first-order valence-corrected chi connectivity index (χ1v) is 15.4. The average Bonchev–Trinajstić information content (AvgIpc) is 3.12. The lowest BCUT2D eigenvalue weighted by Crippen LogP contribution is -2.57. The Morgan fingerprint density at radius 1 is 0.333 bits per heavy atom. The molecule has 0 spiro atoms. The minimum absolute atomic E-state index is 0.0675. The molecule has 0 bridgehead atoms. The second-order valence-corrected chi connectivity index (χ2v) is 11.6. The van der Waals surface area contributed by atoms with Crippen LogP contribution >= 0.6 is 0 Å². The summed E-state index contributed by atoms with van der Waals surface area (Å²) in [6.45, 7) is -0.0675. The molecule has 9 rings (SSSR count). The fourth-order valence-corrected chi connectivity index (χ4v) is 6.92. The van der Waals surface area contributed by atoms with Crippen molar-refractivity contribution in [2.24, 2.45) is 0 Å². The van der Waals surface area contributed by atoms with Crippen molar-refractivity contribution in [2.45, 2.75) is 0 Å². The van der Waals surface area contributed by atoms with Crippen LogP contribution in [0.5, 0.6) is 23.0 Å². The summed E-state index contributed by atoms with van der Waals surface area (Å²) in [7, 11) is 0. The molecule has 2 heterocycles. The third-order valence-corrected chi connectivity index (χ3v) is 9.01. The van der Waals surface area contributed by atoms with Gasteiger partial charge in [-0.2, -0.15) is 0 Å². The van der Waals surface area contributed by atoms with E-state index in [0.717, 1.165) is 83.9 Å². The van der Waals surface area contributed by atoms with E-state index in [1.165, 1.54) is 0 Å². The molecule has 210 valence electrons. The standard InChI is InChI=1S/C42H27BO2/c1-5-14-28(15-6-1)32-24-25-36-38(26-32)44-41-34(30-18-9-3-10-19-30)27-35(31-20-11-4-12-21-31)42-39(41)43(36)37-23-13-22-33(40(37)45-42)29-16-7-2-8-17-29/h1-27H. The summed E-state index contributed by atoms with van der Waals surface area (Å²) in [5, 5.41) is 0. The van der Waals surface area contributed by atoms with E-state index in [1.54, 1.807) is 0 Å². The van der Waals surface area contributed by atoms with E-state index in [9.17, 15) is 0 Å². The third-order valence-electron chi connectivity index (χ3n) is 9.01. The number of hydrogen-bond donors (Lipinski definition) is 0. The number of fused-ring (bicyclic) bond motifs is 4. The maximum absolute atomic E-state index is 7.11. The quantitative estimate of drug-likeness (QED) is 0.195. The van der Waals surface area contributed by atoms with E-state index in [0.29, 0.717) is 0 Å². The highest BCUT2D eigenvalue weighted by molar-refractivity contribution is 6.98. The first kappa shape index (κ1) is 25.7. The average molecular weight is 574 g/mol. The van der Waals surface area contributed by atoms with Crippen molar-refractivity contribution in [1.29, 1.82) is 0 Å². The van der Waals surface area contributed by atoms with Gasteiger partial charge >= 0.3 is 0 Å². The number of ether oxygens (including phenoxy) is 2. The molecule has 7 aromatic carbocycles. The molecule has 0 N–H and O–H groups in total. The zero-order chi connectivity index (χ0) is 29.7. The van der Waals surface area contributed by atoms with Crippen LogP contribution in [0, 0.1) is 0 Å². The van der Waals surface area contributed by atoms with Gasteiger partial charge in [-0.05, 0) is 50.9 Å². The van der Waals surface area contributed by atoms with Crippen LogP contribution in [0.2, 0.25) is 0 Å². The SMILES string of the molecule is c1ccc(-c2ccc3c(c2)Oc2c(-c4ccccc4)cc(-c4ccccc4)c4c2B3c2cccc(-c3ccccc3)c2O4)cc1. The van der Waals surface area contributed by atoms with Gasteiger partial charge in [0.1, 0.15) is 23.0 Å². The van der Waals surface area contributed by atoms with Gasteiger partial charge in [0.05, 0.1) is 0 Å². The van der Waals surface area contributed by atoms with Gasteiger partial charge < -0.3 is 9.47 Å². The molecule has 0 saturated heterocycles. The first-order valence-electron chi connectivity index (χ1n) is 15.4. The molecule has 3 heteroatoms.